The van der Waals surface area contributed by atoms with Crippen LogP contribution in [-0.2, 0) is 13.6 Å². The van der Waals surface area contributed by atoms with Crippen molar-refractivity contribution in [1.82, 2.24) is 19.7 Å². The van der Waals surface area contributed by atoms with Crippen LogP contribution in [0.4, 0.5) is 4.39 Å². The van der Waals surface area contributed by atoms with Gasteiger partial charge in [-0.15, -0.1) is 0 Å². The van der Waals surface area contributed by atoms with Crippen molar-refractivity contribution < 1.29 is 9.18 Å². The monoisotopic (exact) mass is 404 g/mol. The molecule has 0 spiro atoms. The number of fused-ring (bicyclic) bond motifs is 2. The summed E-state index contributed by atoms with van der Waals surface area (Å²) < 4.78 is 18.6. The second kappa shape index (κ2) is 7.59. The summed E-state index contributed by atoms with van der Waals surface area (Å²) in [6, 6.07) is 13.2. The van der Waals surface area contributed by atoms with Crippen LogP contribution in [0.5, 0.6) is 0 Å². The zero-order valence-corrected chi connectivity index (χ0v) is 17.1. The molecule has 1 saturated carbocycles. The summed E-state index contributed by atoms with van der Waals surface area (Å²) >= 11 is 0. The van der Waals surface area contributed by atoms with Gasteiger partial charge in [0.05, 0.1) is 28.8 Å². The van der Waals surface area contributed by atoms with Crippen molar-refractivity contribution in [2.45, 2.75) is 44.7 Å². The molecule has 1 aliphatic rings. The van der Waals surface area contributed by atoms with Gasteiger partial charge in [-0.05, 0) is 31.0 Å². The highest BCUT2D eigenvalue weighted by Crippen LogP contribution is 2.27. The number of para-hydroxylation sites is 1. The number of halogens is 1. The Balaban J connectivity index is 1.54. The molecule has 30 heavy (non-hydrogen) atoms. The molecule has 1 amide bonds. The average molecular weight is 404 g/mol. The summed E-state index contributed by atoms with van der Waals surface area (Å²) in [6.07, 6.45) is 7.24. The fourth-order valence-electron chi connectivity index (χ4n) is 4.69. The molecule has 2 aromatic carbocycles. The van der Waals surface area contributed by atoms with E-state index in [1.807, 2.05) is 46.6 Å². The molecule has 2 aromatic heterocycles. The lowest BCUT2D eigenvalue weighted by molar-refractivity contribution is 0.0929. The molecule has 154 valence electrons. The van der Waals surface area contributed by atoms with Crippen LogP contribution in [0.1, 0.15) is 48.2 Å². The van der Waals surface area contributed by atoms with Gasteiger partial charge >= 0.3 is 0 Å². The lowest BCUT2D eigenvalue weighted by Gasteiger charge is -2.22. The van der Waals surface area contributed by atoms with Crippen molar-refractivity contribution in [3.8, 4) is 0 Å². The maximum atomic E-state index is 14.8. The quantitative estimate of drug-likeness (QED) is 0.532. The average Bonchev–Trinajstić information content (AvgIpc) is 3.29. The Morgan fingerprint density at radius 1 is 1.10 bits per heavy atom. The molecule has 2 heterocycles. The predicted octanol–water partition coefficient (Wildman–Crippen LogP) is 4.78. The summed E-state index contributed by atoms with van der Waals surface area (Å²) in [6.45, 7) is 0.470. The van der Waals surface area contributed by atoms with Crippen LogP contribution < -0.4 is 5.32 Å². The molecule has 0 bridgehead atoms. The topological polar surface area (TPSA) is 51.9 Å². The number of hydrogen-bond donors (Lipinski definition) is 1. The minimum atomic E-state index is -0.370. The summed E-state index contributed by atoms with van der Waals surface area (Å²) in [4.78, 5) is 13.1. The number of rotatable bonds is 4. The summed E-state index contributed by atoms with van der Waals surface area (Å²) in [5.41, 5.74) is 3.05. The second-order valence-corrected chi connectivity index (χ2v) is 8.20. The van der Waals surface area contributed by atoms with Crippen molar-refractivity contribution in [3.05, 3.63) is 65.7 Å². The Hall–Kier alpha value is -3.15. The van der Waals surface area contributed by atoms with E-state index < -0.39 is 0 Å². The summed E-state index contributed by atoms with van der Waals surface area (Å²) in [5, 5.41) is 9.23. The molecule has 1 fully saturated rings. The first kappa shape index (κ1) is 18.9. The smallest absolute Gasteiger partial charge is 0.253 e. The van der Waals surface area contributed by atoms with Gasteiger partial charge in [0.1, 0.15) is 5.82 Å². The number of nitrogens with one attached hydrogen (secondary N) is 1. The maximum Gasteiger partial charge on any atom is 0.253 e. The van der Waals surface area contributed by atoms with Gasteiger partial charge in [-0.25, -0.2) is 4.39 Å². The fourth-order valence-corrected chi connectivity index (χ4v) is 4.69. The van der Waals surface area contributed by atoms with Crippen LogP contribution in [-0.4, -0.2) is 26.3 Å². The standard InChI is InChI=1S/C24H25FN4O/c1-28-21-12-6-5-10-17(21)20(27-28)15-29-14-18(23-19(25)11-7-13-22(23)29)24(30)26-16-8-3-2-4-9-16/h5-7,10-14,16H,2-4,8-9,15H2,1H3,(H,26,30). The van der Waals surface area contributed by atoms with Crippen LogP contribution in [0.3, 0.4) is 0 Å². The van der Waals surface area contributed by atoms with Gasteiger partial charge < -0.3 is 9.88 Å². The number of hydrogen-bond acceptors (Lipinski definition) is 2. The van der Waals surface area contributed by atoms with E-state index in [1.54, 1.807) is 12.3 Å². The first-order valence-corrected chi connectivity index (χ1v) is 10.6. The molecular formula is C24H25FN4O. The molecule has 1 N–H and O–H groups in total. The van der Waals surface area contributed by atoms with E-state index in [0.717, 1.165) is 42.3 Å². The minimum absolute atomic E-state index is 0.177. The first-order valence-electron chi connectivity index (χ1n) is 10.6. The highest BCUT2D eigenvalue weighted by molar-refractivity contribution is 6.07. The van der Waals surface area contributed by atoms with Crippen LogP contribution in [0.2, 0.25) is 0 Å². The van der Waals surface area contributed by atoms with Gasteiger partial charge in [0.25, 0.3) is 5.91 Å². The molecule has 0 aliphatic heterocycles. The summed E-state index contributed by atoms with van der Waals surface area (Å²) in [7, 11) is 1.92. The van der Waals surface area contributed by atoms with Gasteiger partial charge in [0, 0.05) is 30.1 Å². The van der Waals surface area contributed by atoms with Crippen LogP contribution in [0, 0.1) is 5.82 Å². The second-order valence-electron chi connectivity index (χ2n) is 8.20. The van der Waals surface area contributed by atoms with E-state index in [9.17, 15) is 9.18 Å². The lowest BCUT2D eigenvalue weighted by atomic mass is 9.95. The number of carbonyl (C=O) groups is 1. The number of carbonyl (C=O) groups excluding carboxylic acids is 1. The Morgan fingerprint density at radius 2 is 1.87 bits per heavy atom. The highest BCUT2D eigenvalue weighted by Gasteiger charge is 2.22. The molecule has 6 heteroatoms. The molecule has 4 aromatic rings. The van der Waals surface area contributed by atoms with Crippen LogP contribution in [0.25, 0.3) is 21.8 Å². The third-order valence-electron chi connectivity index (χ3n) is 6.19. The fraction of sp³-hybridized carbons (Fsp3) is 0.333. The zero-order chi connectivity index (χ0) is 20.7. The molecule has 0 unspecified atom stereocenters. The van der Waals surface area contributed by atoms with Crippen molar-refractivity contribution >= 4 is 27.7 Å². The van der Waals surface area contributed by atoms with Crippen molar-refractivity contribution in [3.63, 3.8) is 0 Å². The molecule has 0 radical (unpaired) electrons. The number of benzene rings is 2. The van der Waals surface area contributed by atoms with Crippen LogP contribution in [0.15, 0.2) is 48.7 Å². The van der Waals surface area contributed by atoms with Crippen molar-refractivity contribution in [1.29, 1.82) is 0 Å². The Labute approximate surface area is 174 Å². The number of nitrogens with zero attached hydrogens (tertiary/aromatic N) is 3. The molecule has 0 atom stereocenters. The number of aromatic nitrogens is 3. The third-order valence-corrected chi connectivity index (χ3v) is 6.19. The highest BCUT2D eigenvalue weighted by atomic mass is 19.1. The van der Waals surface area contributed by atoms with Gasteiger partial charge in [-0.1, -0.05) is 43.5 Å². The van der Waals surface area contributed by atoms with Gasteiger partial charge in [0.15, 0.2) is 0 Å². The van der Waals surface area contributed by atoms with Crippen LogP contribution >= 0.6 is 0 Å². The van der Waals surface area contributed by atoms with E-state index in [2.05, 4.69) is 10.4 Å². The molecule has 1 aliphatic carbocycles. The molecule has 5 nitrogen and oxygen atoms in total. The predicted molar refractivity (Wildman–Crippen MR) is 116 cm³/mol. The molecular weight excluding hydrogens is 379 g/mol. The molecule has 5 rings (SSSR count). The Morgan fingerprint density at radius 3 is 2.70 bits per heavy atom. The van der Waals surface area contributed by atoms with E-state index in [-0.39, 0.29) is 17.8 Å². The van der Waals surface area contributed by atoms with E-state index in [0.29, 0.717) is 23.0 Å². The van der Waals surface area contributed by atoms with E-state index in [1.165, 1.54) is 12.5 Å². The van der Waals surface area contributed by atoms with Crippen molar-refractivity contribution in [2.75, 3.05) is 0 Å². The summed E-state index contributed by atoms with van der Waals surface area (Å²) in [5.74, 6) is -0.562. The molecule has 0 saturated heterocycles. The van der Waals surface area contributed by atoms with Crippen molar-refractivity contribution in [2.24, 2.45) is 7.05 Å². The lowest BCUT2D eigenvalue weighted by Crippen LogP contribution is -2.36. The third kappa shape index (κ3) is 3.26. The largest absolute Gasteiger partial charge is 0.349 e. The maximum absolute atomic E-state index is 14.8. The Bertz CT molecular complexity index is 1230. The normalized spacial score (nSPS) is 15.1. The number of amides is 1. The number of aryl methyl sites for hydroxylation is 1. The van der Waals surface area contributed by atoms with Gasteiger partial charge in [0.2, 0.25) is 0 Å². The zero-order valence-electron chi connectivity index (χ0n) is 17.1. The Kier molecular flexibility index (Phi) is 4.77. The SMILES string of the molecule is Cn1nc(Cn2cc(C(=O)NC3CCCCC3)c3c(F)cccc32)c2ccccc21. The van der Waals surface area contributed by atoms with E-state index >= 15 is 0 Å². The van der Waals surface area contributed by atoms with Gasteiger partial charge in [-0.2, -0.15) is 5.10 Å². The van der Waals surface area contributed by atoms with Gasteiger partial charge in [-0.3, -0.25) is 9.48 Å². The van der Waals surface area contributed by atoms with E-state index in [4.69, 9.17) is 0 Å². The minimum Gasteiger partial charge on any atom is -0.349 e. The first-order chi connectivity index (χ1) is 14.6.